The number of carbonyl (C=O) groups excluding carboxylic acids is 2. The van der Waals surface area contributed by atoms with Crippen molar-refractivity contribution in [1.29, 1.82) is 0 Å². The zero-order chi connectivity index (χ0) is 19.5. The lowest BCUT2D eigenvalue weighted by molar-refractivity contribution is -0.0245. The van der Waals surface area contributed by atoms with Crippen LogP contribution in [0.1, 0.15) is 42.6 Å². The van der Waals surface area contributed by atoms with Crippen LogP contribution in [0.5, 0.6) is 0 Å². The first-order valence-corrected chi connectivity index (χ1v) is 8.61. The van der Waals surface area contributed by atoms with Gasteiger partial charge in [0, 0.05) is 25.0 Å². The highest BCUT2D eigenvalue weighted by molar-refractivity contribution is 5.89. The van der Waals surface area contributed by atoms with Crippen LogP contribution in [-0.4, -0.2) is 65.7 Å². The number of likely N-dealkylation sites (tertiary alicyclic amines) is 1. The predicted octanol–water partition coefficient (Wildman–Crippen LogP) is 1.78. The maximum Gasteiger partial charge on any atom is 0.410 e. The Morgan fingerprint density at radius 2 is 1.81 bits per heavy atom. The number of β-amino-alcohol motifs (C(OH)–C–C–N with tert-alkyl or cyclic N) is 1. The molecule has 3 unspecified atom stereocenters. The van der Waals surface area contributed by atoms with Gasteiger partial charge < -0.3 is 24.6 Å². The van der Waals surface area contributed by atoms with Gasteiger partial charge >= 0.3 is 12.1 Å². The van der Waals surface area contributed by atoms with Crippen LogP contribution in [0.4, 0.5) is 4.79 Å². The molecule has 1 heterocycles. The zero-order valence-corrected chi connectivity index (χ0v) is 15.6. The summed E-state index contributed by atoms with van der Waals surface area (Å²) in [6.07, 6.45) is -1.35. The molecule has 1 saturated heterocycles. The number of rotatable bonds is 3. The number of ether oxygens (including phenoxy) is 2. The van der Waals surface area contributed by atoms with Crippen LogP contribution >= 0.6 is 0 Å². The topological polar surface area (TPSA) is 96.3 Å². The Kier molecular flexibility index (Phi) is 6.26. The fraction of sp³-hybridized carbons (Fsp3) is 0.579. The first-order chi connectivity index (χ1) is 12.2. The number of carbonyl (C=O) groups is 2. The van der Waals surface area contributed by atoms with Gasteiger partial charge in [0.05, 0.1) is 25.3 Å². The number of benzene rings is 1. The fourth-order valence-corrected chi connectivity index (χ4v) is 3.23. The minimum Gasteiger partial charge on any atom is -0.465 e. The smallest absolute Gasteiger partial charge is 0.410 e. The Labute approximate surface area is 153 Å². The normalized spacial score (nSPS) is 23.5. The van der Waals surface area contributed by atoms with E-state index in [4.69, 9.17) is 4.74 Å². The van der Waals surface area contributed by atoms with E-state index in [9.17, 15) is 19.8 Å². The molecule has 0 aromatic heterocycles. The summed E-state index contributed by atoms with van der Waals surface area (Å²) in [5.41, 5.74) is 0.586. The van der Waals surface area contributed by atoms with Crippen molar-refractivity contribution < 1.29 is 29.3 Å². The van der Waals surface area contributed by atoms with Crippen LogP contribution in [0, 0.1) is 5.92 Å². The Balaban J connectivity index is 2.16. The predicted molar refractivity (Wildman–Crippen MR) is 94.9 cm³/mol. The summed E-state index contributed by atoms with van der Waals surface area (Å²) in [5, 5.41) is 20.4. The van der Waals surface area contributed by atoms with Crippen LogP contribution < -0.4 is 0 Å². The molecule has 7 nitrogen and oxygen atoms in total. The summed E-state index contributed by atoms with van der Waals surface area (Å²) in [6.45, 7) is 5.56. The number of hydrogen-bond acceptors (Lipinski definition) is 6. The number of piperidine rings is 1. The van der Waals surface area contributed by atoms with Gasteiger partial charge in [0.1, 0.15) is 5.60 Å². The molecule has 0 aliphatic carbocycles. The first-order valence-electron chi connectivity index (χ1n) is 8.61. The third kappa shape index (κ3) is 4.74. The lowest BCUT2D eigenvalue weighted by Crippen LogP contribution is -2.52. The SMILES string of the molecule is COC(=O)c1ccc(C2C(O)CN(C(=O)OC(C)(C)C)CC2CO)cc1. The van der Waals surface area contributed by atoms with Crippen molar-refractivity contribution in [2.75, 3.05) is 26.8 Å². The Morgan fingerprint density at radius 1 is 1.19 bits per heavy atom. The maximum absolute atomic E-state index is 12.3. The lowest BCUT2D eigenvalue weighted by Gasteiger charge is -2.41. The summed E-state index contributed by atoms with van der Waals surface area (Å²) in [7, 11) is 1.31. The monoisotopic (exact) mass is 365 g/mol. The molecule has 1 fully saturated rings. The second-order valence-electron chi connectivity index (χ2n) is 7.53. The molecular formula is C19H27NO6. The molecule has 7 heteroatoms. The molecule has 2 N–H and O–H groups in total. The van der Waals surface area contributed by atoms with Gasteiger partial charge in [-0.25, -0.2) is 9.59 Å². The van der Waals surface area contributed by atoms with Crippen LogP contribution in [0.2, 0.25) is 0 Å². The van der Waals surface area contributed by atoms with Crippen molar-refractivity contribution in [2.24, 2.45) is 5.92 Å². The average Bonchev–Trinajstić information content (AvgIpc) is 2.59. The van der Waals surface area contributed by atoms with Gasteiger partial charge in [0.2, 0.25) is 0 Å². The number of amides is 1. The lowest BCUT2D eigenvalue weighted by atomic mass is 9.79. The Bertz CT molecular complexity index is 636. The molecule has 2 rings (SSSR count). The van der Waals surface area contributed by atoms with E-state index in [1.807, 2.05) is 0 Å². The molecule has 3 atom stereocenters. The Morgan fingerprint density at radius 3 is 2.31 bits per heavy atom. The van der Waals surface area contributed by atoms with E-state index in [0.717, 1.165) is 5.56 Å². The molecule has 0 saturated carbocycles. The van der Waals surface area contributed by atoms with Gasteiger partial charge in [-0.1, -0.05) is 12.1 Å². The molecule has 1 aliphatic heterocycles. The molecule has 0 bridgehead atoms. The van der Waals surface area contributed by atoms with Crippen molar-refractivity contribution in [3.05, 3.63) is 35.4 Å². The highest BCUT2D eigenvalue weighted by atomic mass is 16.6. The van der Waals surface area contributed by atoms with Crippen LogP contribution in [-0.2, 0) is 9.47 Å². The summed E-state index contributed by atoms with van der Waals surface area (Å²) in [5.74, 6) is -1.11. The minimum absolute atomic E-state index is 0.120. The number of nitrogens with zero attached hydrogens (tertiary/aromatic N) is 1. The third-order valence-electron chi connectivity index (χ3n) is 4.39. The number of esters is 1. The van der Waals surface area contributed by atoms with Gasteiger partial charge in [-0.15, -0.1) is 0 Å². The minimum atomic E-state index is -0.850. The largest absolute Gasteiger partial charge is 0.465 e. The van der Waals surface area contributed by atoms with Crippen LogP contribution in [0.15, 0.2) is 24.3 Å². The second-order valence-corrected chi connectivity index (χ2v) is 7.53. The quantitative estimate of drug-likeness (QED) is 0.793. The zero-order valence-electron chi connectivity index (χ0n) is 15.6. The van der Waals surface area contributed by atoms with Gasteiger partial charge in [0.25, 0.3) is 0 Å². The van der Waals surface area contributed by atoms with Crippen molar-refractivity contribution in [1.82, 2.24) is 4.90 Å². The van der Waals surface area contributed by atoms with E-state index in [0.29, 0.717) is 5.56 Å². The van der Waals surface area contributed by atoms with Crippen molar-refractivity contribution in [2.45, 2.75) is 38.4 Å². The van der Waals surface area contributed by atoms with Crippen LogP contribution in [0.25, 0.3) is 0 Å². The number of hydrogen-bond donors (Lipinski definition) is 2. The van der Waals surface area contributed by atoms with Gasteiger partial charge in [0.15, 0.2) is 0 Å². The summed E-state index contributed by atoms with van der Waals surface area (Å²) >= 11 is 0. The van der Waals surface area contributed by atoms with Crippen molar-refractivity contribution in [3.63, 3.8) is 0 Å². The van der Waals surface area contributed by atoms with E-state index in [-0.39, 0.29) is 31.5 Å². The number of aliphatic hydroxyl groups excluding tert-OH is 2. The summed E-state index contributed by atoms with van der Waals surface area (Å²) in [4.78, 5) is 25.3. The van der Waals surface area contributed by atoms with Gasteiger partial charge in [-0.3, -0.25) is 0 Å². The summed E-state index contributed by atoms with van der Waals surface area (Å²) < 4.78 is 10.0. The molecule has 0 spiro atoms. The standard InChI is InChI=1S/C19H27NO6/c1-19(2,3)26-18(24)20-9-14(11-21)16(15(22)10-20)12-5-7-13(8-6-12)17(23)25-4/h5-8,14-16,21-22H,9-11H2,1-4H3. The molecule has 26 heavy (non-hydrogen) atoms. The van der Waals surface area contributed by atoms with Crippen molar-refractivity contribution in [3.8, 4) is 0 Å². The fourth-order valence-electron chi connectivity index (χ4n) is 3.23. The van der Waals surface area contributed by atoms with Gasteiger partial charge in [-0.2, -0.15) is 0 Å². The average molecular weight is 365 g/mol. The van der Waals surface area contributed by atoms with E-state index in [2.05, 4.69) is 4.74 Å². The van der Waals surface area contributed by atoms with Crippen molar-refractivity contribution >= 4 is 12.1 Å². The van der Waals surface area contributed by atoms with E-state index < -0.39 is 23.8 Å². The molecular weight excluding hydrogens is 338 g/mol. The molecule has 144 valence electrons. The number of methoxy groups -OCH3 is 1. The third-order valence-corrected chi connectivity index (χ3v) is 4.39. The molecule has 1 aromatic rings. The number of aliphatic hydroxyl groups is 2. The first kappa shape index (κ1) is 20.2. The van der Waals surface area contributed by atoms with E-state index in [1.54, 1.807) is 45.0 Å². The molecule has 1 aromatic carbocycles. The second kappa shape index (κ2) is 8.05. The Hall–Kier alpha value is -2.12. The summed E-state index contributed by atoms with van der Waals surface area (Å²) in [6, 6.07) is 6.74. The van der Waals surface area contributed by atoms with E-state index in [1.165, 1.54) is 12.0 Å². The van der Waals surface area contributed by atoms with Gasteiger partial charge in [-0.05, 0) is 38.5 Å². The van der Waals surface area contributed by atoms with Crippen LogP contribution in [0.3, 0.4) is 0 Å². The highest BCUT2D eigenvalue weighted by Crippen LogP contribution is 2.34. The highest BCUT2D eigenvalue weighted by Gasteiger charge is 2.39. The molecule has 0 radical (unpaired) electrons. The molecule has 1 aliphatic rings. The van der Waals surface area contributed by atoms with E-state index >= 15 is 0 Å². The maximum atomic E-state index is 12.3. The molecule has 1 amide bonds.